The summed E-state index contributed by atoms with van der Waals surface area (Å²) in [5.41, 5.74) is -6.63. The third kappa shape index (κ3) is 5.19. The minimum absolute atomic E-state index is 0.161. The molecule has 8 rings (SSSR count). The highest BCUT2D eigenvalue weighted by atomic mass is 19.2. The van der Waals surface area contributed by atoms with E-state index in [0.717, 1.165) is 25.1 Å². The number of benzene rings is 2. The topological polar surface area (TPSA) is 130 Å². The van der Waals surface area contributed by atoms with E-state index < -0.39 is 80.4 Å². The van der Waals surface area contributed by atoms with Gasteiger partial charge >= 0.3 is 0 Å². The molecule has 0 aliphatic heterocycles. The Bertz CT molecular complexity index is 2270. The lowest BCUT2D eigenvalue weighted by molar-refractivity contribution is 0.445. The molecular weight excluding hydrogens is 708 g/mol. The molecule has 258 valence electrons. The smallest absolute Gasteiger partial charge is 0.173 e. The van der Waals surface area contributed by atoms with E-state index in [1.807, 2.05) is 0 Å². The average Bonchev–Trinajstić information content (AvgIpc) is 3.99. The molecule has 10 nitrogen and oxygen atoms in total. The van der Waals surface area contributed by atoms with Gasteiger partial charge in [-0.2, -0.15) is 0 Å². The summed E-state index contributed by atoms with van der Waals surface area (Å²) in [5.74, 6) is -21.7. The Hall–Kier alpha value is -6.98. The van der Waals surface area contributed by atoms with E-state index in [-0.39, 0.29) is 45.6 Å². The predicted molar refractivity (Wildman–Crippen MR) is 160 cm³/mol. The van der Waals surface area contributed by atoms with Crippen LogP contribution in [0.15, 0.2) is 92.0 Å². The van der Waals surface area contributed by atoms with Gasteiger partial charge in [-0.3, -0.25) is 0 Å². The Morgan fingerprint density at radius 3 is 0.712 bits per heavy atom. The predicted octanol–water partition coefficient (Wildman–Crippen LogP) is 9.21. The van der Waals surface area contributed by atoms with E-state index in [0.29, 0.717) is 0 Å². The summed E-state index contributed by atoms with van der Waals surface area (Å²) in [4.78, 5) is 23.9. The number of hydrogen-bond donors (Lipinski definition) is 0. The molecule has 0 spiro atoms. The van der Waals surface area contributed by atoms with E-state index in [1.54, 1.807) is 0 Å². The van der Waals surface area contributed by atoms with Crippen LogP contribution in [-0.4, -0.2) is 29.9 Å². The first-order chi connectivity index (χ1) is 25.1. The second-order valence-corrected chi connectivity index (χ2v) is 10.7. The van der Waals surface area contributed by atoms with Gasteiger partial charge in [-0.25, -0.2) is 65.0 Å². The van der Waals surface area contributed by atoms with Crippen LogP contribution < -0.4 is 0 Å². The number of rotatable bonds is 7. The fourth-order valence-corrected chi connectivity index (χ4v) is 5.15. The van der Waals surface area contributed by atoms with Crippen molar-refractivity contribution in [3.8, 4) is 79.5 Å². The lowest BCUT2D eigenvalue weighted by atomic mass is 9.97. The summed E-state index contributed by atoms with van der Waals surface area (Å²) in [6.07, 6.45) is 9.49. The molecule has 18 heteroatoms. The fourth-order valence-electron chi connectivity index (χ4n) is 5.15. The molecule has 0 saturated heterocycles. The van der Waals surface area contributed by atoms with Gasteiger partial charge in [-0.15, -0.1) is 0 Å². The van der Waals surface area contributed by atoms with Crippen LogP contribution in [0.3, 0.4) is 0 Å². The molecule has 0 radical (unpaired) electrons. The number of aromatic nitrogens is 6. The van der Waals surface area contributed by atoms with Gasteiger partial charge in [-0.05, 0) is 24.3 Å². The van der Waals surface area contributed by atoms with Crippen LogP contribution in [0.25, 0.3) is 79.5 Å². The Morgan fingerprint density at radius 1 is 0.288 bits per heavy atom. The van der Waals surface area contributed by atoms with Crippen LogP contribution in [0.4, 0.5) is 35.1 Å². The van der Waals surface area contributed by atoms with Crippen molar-refractivity contribution in [2.45, 2.75) is 0 Å². The van der Waals surface area contributed by atoms with Crippen molar-refractivity contribution in [3.63, 3.8) is 0 Å². The van der Waals surface area contributed by atoms with Crippen molar-refractivity contribution >= 4 is 0 Å². The summed E-state index contributed by atoms with van der Waals surface area (Å²) >= 11 is 0. The second kappa shape index (κ2) is 12.4. The molecule has 52 heavy (non-hydrogen) atoms. The van der Waals surface area contributed by atoms with E-state index in [9.17, 15) is 0 Å². The van der Waals surface area contributed by atoms with Gasteiger partial charge in [0.25, 0.3) is 0 Å². The minimum atomic E-state index is -2.43. The van der Waals surface area contributed by atoms with E-state index in [1.165, 1.54) is 49.3 Å². The molecule has 0 N–H and O–H groups in total. The molecule has 0 atom stereocenters. The van der Waals surface area contributed by atoms with Gasteiger partial charge < -0.3 is 17.7 Å². The monoisotopic (exact) mass is 720 g/mol. The van der Waals surface area contributed by atoms with Crippen molar-refractivity contribution in [1.82, 2.24) is 29.9 Å². The van der Waals surface area contributed by atoms with E-state index in [2.05, 4.69) is 29.9 Å². The molecule has 6 heterocycles. The molecule has 0 aliphatic rings. The highest BCUT2D eigenvalue weighted by molar-refractivity contribution is 5.76. The van der Waals surface area contributed by atoms with E-state index >= 15 is 35.1 Å². The van der Waals surface area contributed by atoms with Crippen molar-refractivity contribution < 1.29 is 52.8 Å². The SMILES string of the molecule is Fc1c(F)c(-c2c(F)c(F)c(-c3nc(-c4ccoc4)nc(-c4ccoc4)n3)c(F)c2F)c(F)c(F)c1-c1nc(-c2ccoc2)nc(-c2ccoc2)n1. The Labute approximate surface area is 283 Å². The first-order valence-electron chi connectivity index (χ1n) is 14.5. The van der Waals surface area contributed by atoms with Gasteiger partial charge in [0.1, 0.15) is 25.1 Å². The van der Waals surface area contributed by atoms with Crippen LogP contribution >= 0.6 is 0 Å². The summed E-state index contributed by atoms with van der Waals surface area (Å²) in [6, 6.07) is 5.45. The zero-order chi connectivity index (χ0) is 36.3. The Balaban J connectivity index is 1.31. The first kappa shape index (κ1) is 32.2. The first-order valence-corrected chi connectivity index (χ1v) is 14.5. The normalized spacial score (nSPS) is 11.5. The number of furan rings is 4. The molecule has 2 aromatic carbocycles. The summed E-state index contributed by atoms with van der Waals surface area (Å²) < 4.78 is 146. The van der Waals surface area contributed by atoms with Crippen LogP contribution in [0, 0.1) is 46.5 Å². The van der Waals surface area contributed by atoms with Crippen LogP contribution in [0.5, 0.6) is 0 Å². The fraction of sp³-hybridized carbons (Fsp3) is 0. The maximum atomic E-state index is 15.8. The standard InChI is InChI=1S/C34H12F8N6O4/c35-21-17(22(36)26(40)19(25(21)39)33-45-29(13-1-5-49-9-13)43-30(46-33)14-2-6-50-10-14)18-23(37)27(41)20(28(42)24(18)38)34-47-31(15-3-7-51-11-15)44-32(48-34)16-4-8-52-12-16/h1-12H. The Morgan fingerprint density at radius 2 is 0.500 bits per heavy atom. The lowest BCUT2D eigenvalue weighted by Gasteiger charge is -2.16. The molecule has 0 saturated carbocycles. The molecule has 0 unspecified atom stereocenters. The van der Waals surface area contributed by atoms with Crippen molar-refractivity contribution in [2.75, 3.05) is 0 Å². The molecule has 0 amide bonds. The highest BCUT2D eigenvalue weighted by Crippen LogP contribution is 2.42. The maximum Gasteiger partial charge on any atom is 0.173 e. The van der Waals surface area contributed by atoms with Crippen LogP contribution in [0.1, 0.15) is 0 Å². The Kier molecular flexibility index (Phi) is 7.69. The van der Waals surface area contributed by atoms with Crippen molar-refractivity contribution in [2.24, 2.45) is 0 Å². The largest absolute Gasteiger partial charge is 0.472 e. The minimum Gasteiger partial charge on any atom is -0.472 e. The third-order valence-corrected chi connectivity index (χ3v) is 7.61. The summed E-state index contributed by atoms with van der Waals surface area (Å²) in [7, 11) is 0. The zero-order valence-electron chi connectivity index (χ0n) is 25.3. The van der Waals surface area contributed by atoms with Crippen LogP contribution in [0.2, 0.25) is 0 Å². The maximum absolute atomic E-state index is 15.8. The molecule has 0 aliphatic carbocycles. The quantitative estimate of drug-likeness (QED) is 0.116. The highest BCUT2D eigenvalue weighted by Gasteiger charge is 2.36. The van der Waals surface area contributed by atoms with Gasteiger partial charge in [0.2, 0.25) is 0 Å². The van der Waals surface area contributed by atoms with Gasteiger partial charge in [-0.1, -0.05) is 0 Å². The van der Waals surface area contributed by atoms with Gasteiger partial charge in [0, 0.05) is 0 Å². The number of nitrogens with zero attached hydrogens (tertiary/aromatic N) is 6. The molecular formula is C34H12F8N6O4. The van der Waals surface area contributed by atoms with Gasteiger partial charge in [0.15, 0.2) is 81.5 Å². The average molecular weight is 720 g/mol. The van der Waals surface area contributed by atoms with Crippen LogP contribution in [-0.2, 0) is 0 Å². The summed E-state index contributed by atoms with van der Waals surface area (Å²) in [5, 5.41) is 0. The molecule has 0 bridgehead atoms. The number of hydrogen-bond acceptors (Lipinski definition) is 10. The van der Waals surface area contributed by atoms with Crippen molar-refractivity contribution in [3.05, 3.63) is 121 Å². The molecule has 0 fully saturated rings. The molecule has 8 aromatic rings. The third-order valence-electron chi connectivity index (χ3n) is 7.61. The van der Waals surface area contributed by atoms with Crippen molar-refractivity contribution in [1.29, 1.82) is 0 Å². The second-order valence-electron chi connectivity index (χ2n) is 10.7. The number of halogens is 8. The summed E-state index contributed by atoms with van der Waals surface area (Å²) in [6.45, 7) is 0. The van der Waals surface area contributed by atoms with Gasteiger partial charge in [0.05, 0.1) is 69.6 Å². The zero-order valence-corrected chi connectivity index (χ0v) is 25.3. The lowest BCUT2D eigenvalue weighted by Crippen LogP contribution is -2.11. The van der Waals surface area contributed by atoms with E-state index in [4.69, 9.17) is 17.7 Å². The molecule has 6 aromatic heterocycles.